The molecule has 1 aliphatic heterocycles. The smallest absolute Gasteiger partial charge is 0.411 e. The monoisotopic (exact) mass is 321 g/mol. The van der Waals surface area contributed by atoms with Crippen LogP contribution in [0.4, 0.5) is 4.79 Å². The van der Waals surface area contributed by atoms with Crippen molar-refractivity contribution < 1.29 is 27.9 Å². The number of hydrogen-bond acceptors (Lipinski definition) is 5. The van der Waals surface area contributed by atoms with Crippen LogP contribution in [0.25, 0.3) is 0 Å². The molecule has 1 fully saturated rings. The number of ether oxygens (including phenoxy) is 1. The van der Waals surface area contributed by atoms with Crippen LogP contribution >= 0.6 is 0 Å². The van der Waals surface area contributed by atoms with Gasteiger partial charge in [0.2, 0.25) is 0 Å². The highest BCUT2D eigenvalue weighted by atomic mass is 32.2. The summed E-state index contributed by atoms with van der Waals surface area (Å²) >= 11 is 0. The van der Waals surface area contributed by atoms with Crippen molar-refractivity contribution >= 4 is 21.9 Å². The number of amides is 1. The number of carbonyl (C=O) groups excluding carboxylic acids is 1. The number of nitrogens with zero attached hydrogens (tertiary/aromatic N) is 1. The van der Waals surface area contributed by atoms with E-state index in [1.54, 1.807) is 27.7 Å². The molecule has 8 heteroatoms. The fraction of sp³-hybridized carbons (Fsp3) is 0.846. The second-order valence-electron chi connectivity index (χ2n) is 6.21. The predicted octanol–water partition coefficient (Wildman–Crippen LogP) is 1.28. The molecule has 7 nitrogen and oxygen atoms in total. The van der Waals surface area contributed by atoms with Crippen LogP contribution in [0.5, 0.6) is 0 Å². The van der Waals surface area contributed by atoms with Gasteiger partial charge in [-0.15, -0.1) is 0 Å². The summed E-state index contributed by atoms with van der Waals surface area (Å²) in [7, 11) is -3.23. The van der Waals surface area contributed by atoms with Crippen molar-refractivity contribution in [2.75, 3.05) is 18.1 Å². The lowest BCUT2D eigenvalue weighted by Gasteiger charge is -2.42. The maximum Gasteiger partial charge on any atom is 0.411 e. The highest BCUT2D eigenvalue weighted by Crippen LogP contribution is 2.32. The summed E-state index contributed by atoms with van der Waals surface area (Å²) in [6.07, 6.45) is -0.957. The first kappa shape index (κ1) is 17.7. The Bertz CT molecular complexity index is 505. The number of carboxylic acid groups (broad SMARTS) is 1. The third kappa shape index (κ3) is 4.09. The molecule has 1 heterocycles. The number of rotatable bonds is 3. The number of sulfone groups is 1. The second-order valence-corrected chi connectivity index (χ2v) is 8.52. The number of aliphatic carboxylic acids is 1. The molecule has 0 aromatic rings. The topological polar surface area (TPSA) is 101 Å². The molecule has 0 saturated carbocycles. The van der Waals surface area contributed by atoms with Crippen molar-refractivity contribution in [1.82, 2.24) is 4.90 Å². The van der Waals surface area contributed by atoms with E-state index in [9.17, 15) is 23.1 Å². The van der Waals surface area contributed by atoms with E-state index in [0.29, 0.717) is 0 Å². The number of likely N-dealkylation sites (N-methyl/N-ethyl adjacent to an activating group) is 1. The number of carboxylic acids is 1. The van der Waals surface area contributed by atoms with Gasteiger partial charge >= 0.3 is 12.1 Å². The molecule has 1 aliphatic rings. The van der Waals surface area contributed by atoms with E-state index < -0.39 is 33.0 Å². The lowest BCUT2D eigenvalue weighted by Crippen LogP contribution is -2.61. The summed E-state index contributed by atoms with van der Waals surface area (Å²) < 4.78 is 28.3. The Morgan fingerprint density at radius 3 is 2.05 bits per heavy atom. The van der Waals surface area contributed by atoms with Crippen molar-refractivity contribution in [3.8, 4) is 0 Å². The Kier molecular flexibility index (Phi) is 4.92. The van der Waals surface area contributed by atoms with E-state index in [2.05, 4.69) is 0 Å². The molecular weight excluding hydrogens is 298 g/mol. The molecule has 0 aliphatic carbocycles. The largest absolute Gasteiger partial charge is 0.479 e. The van der Waals surface area contributed by atoms with Gasteiger partial charge in [0.25, 0.3) is 0 Å². The van der Waals surface area contributed by atoms with Gasteiger partial charge < -0.3 is 9.84 Å². The standard InChI is InChI=1S/C13H23NO6S/c1-5-14(11(17)20-12(2,3)4)13(10(15)16)6-8-21(18,19)9-7-13/h5-9H2,1-4H3,(H,15,16). The first-order chi connectivity index (χ1) is 9.43. The fourth-order valence-corrected chi connectivity index (χ4v) is 3.90. The molecule has 1 saturated heterocycles. The van der Waals surface area contributed by atoms with Gasteiger partial charge in [-0.25, -0.2) is 18.0 Å². The third-order valence-corrected chi connectivity index (χ3v) is 5.15. The molecule has 0 aromatic carbocycles. The molecule has 0 bridgehead atoms. The van der Waals surface area contributed by atoms with Crippen molar-refractivity contribution in [1.29, 1.82) is 0 Å². The zero-order valence-electron chi connectivity index (χ0n) is 12.9. The lowest BCUT2D eigenvalue weighted by molar-refractivity contribution is -0.152. The Balaban J connectivity index is 3.08. The van der Waals surface area contributed by atoms with Crippen LogP contribution in [0.3, 0.4) is 0 Å². The molecule has 1 amide bonds. The average molecular weight is 321 g/mol. The van der Waals surface area contributed by atoms with Gasteiger partial charge in [-0.2, -0.15) is 0 Å². The normalized spacial score (nSPS) is 20.6. The highest BCUT2D eigenvalue weighted by molar-refractivity contribution is 7.91. The summed E-state index contributed by atoms with van der Waals surface area (Å²) in [5.74, 6) is -1.66. The van der Waals surface area contributed by atoms with E-state index in [-0.39, 0.29) is 30.9 Å². The Hall–Kier alpha value is -1.31. The first-order valence-electron chi connectivity index (χ1n) is 6.88. The van der Waals surface area contributed by atoms with E-state index in [1.807, 2.05) is 0 Å². The van der Waals surface area contributed by atoms with Gasteiger partial charge in [0.1, 0.15) is 11.1 Å². The Morgan fingerprint density at radius 2 is 1.71 bits per heavy atom. The van der Waals surface area contributed by atoms with Crippen LogP contribution in [-0.4, -0.2) is 59.7 Å². The predicted molar refractivity (Wildman–Crippen MR) is 76.9 cm³/mol. The average Bonchev–Trinajstić information content (AvgIpc) is 2.29. The SMILES string of the molecule is CCN(C(=O)OC(C)(C)C)C1(C(=O)O)CCS(=O)(=O)CC1. The summed E-state index contributed by atoms with van der Waals surface area (Å²) in [6.45, 7) is 6.87. The molecule has 21 heavy (non-hydrogen) atoms. The van der Waals surface area contributed by atoms with Gasteiger partial charge in [0.15, 0.2) is 9.84 Å². The molecular formula is C13H23NO6S. The van der Waals surface area contributed by atoms with Gasteiger partial charge in [-0.1, -0.05) is 0 Å². The molecule has 0 aromatic heterocycles. The molecule has 1 rings (SSSR count). The van der Waals surface area contributed by atoms with Gasteiger partial charge in [0.05, 0.1) is 11.5 Å². The van der Waals surface area contributed by atoms with Crippen LogP contribution in [0.1, 0.15) is 40.5 Å². The molecule has 0 spiro atoms. The maximum absolute atomic E-state index is 12.3. The maximum atomic E-state index is 12.3. The number of hydrogen-bond donors (Lipinski definition) is 1. The van der Waals surface area contributed by atoms with Crippen molar-refractivity contribution in [3.63, 3.8) is 0 Å². The van der Waals surface area contributed by atoms with Gasteiger partial charge in [0, 0.05) is 6.54 Å². The molecule has 122 valence electrons. The minimum Gasteiger partial charge on any atom is -0.479 e. The minimum absolute atomic E-state index is 0.113. The molecule has 1 N–H and O–H groups in total. The van der Waals surface area contributed by atoms with Crippen LogP contribution in [0.2, 0.25) is 0 Å². The Labute approximate surface area is 125 Å². The molecule has 0 unspecified atom stereocenters. The zero-order valence-corrected chi connectivity index (χ0v) is 13.7. The Morgan fingerprint density at radius 1 is 1.24 bits per heavy atom. The van der Waals surface area contributed by atoms with E-state index in [4.69, 9.17) is 4.74 Å². The second kappa shape index (κ2) is 5.82. The van der Waals surface area contributed by atoms with Crippen molar-refractivity contribution in [2.45, 2.75) is 51.7 Å². The third-order valence-electron chi connectivity index (χ3n) is 3.50. The van der Waals surface area contributed by atoms with E-state index in [0.717, 1.165) is 4.90 Å². The molecule has 0 atom stereocenters. The summed E-state index contributed by atoms with van der Waals surface area (Å²) in [5, 5.41) is 9.56. The minimum atomic E-state index is -3.23. The summed E-state index contributed by atoms with van der Waals surface area (Å²) in [6, 6.07) is 0. The molecule has 0 radical (unpaired) electrons. The van der Waals surface area contributed by atoms with E-state index >= 15 is 0 Å². The quantitative estimate of drug-likeness (QED) is 0.840. The lowest BCUT2D eigenvalue weighted by atomic mass is 9.90. The van der Waals surface area contributed by atoms with Gasteiger partial charge in [-0.05, 0) is 40.5 Å². The van der Waals surface area contributed by atoms with Crippen LogP contribution in [-0.2, 0) is 19.4 Å². The van der Waals surface area contributed by atoms with Gasteiger partial charge in [-0.3, -0.25) is 4.90 Å². The van der Waals surface area contributed by atoms with Crippen LogP contribution in [0.15, 0.2) is 0 Å². The zero-order chi connectivity index (χ0) is 16.5. The van der Waals surface area contributed by atoms with Crippen LogP contribution < -0.4 is 0 Å². The summed E-state index contributed by atoms with van der Waals surface area (Å²) in [4.78, 5) is 25.1. The van der Waals surface area contributed by atoms with Crippen molar-refractivity contribution in [2.24, 2.45) is 0 Å². The number of carbonyl (C=O) groups is 2. The van der Waals surface area contributed by atoms with Crippen molar-refractivity contribution in [3.05, 3.63) is 0 Å². The fourth-order valence-electron chi connectivity index (χ4n) is 2.40. The first-order valence-corrected chi connectivity index (χ1v) is 8.70. The summed E-state index contributed by atoms with van der Waals surface area (Å²) in [5.41, 5.74) is -2.26. The highest BCUT2D eigenvalue weighted by Gasteiger charge is 2.50. The van der Waals surface area contributed by atoms with E-state index in [1.165, 1.54) is 0 Å². The van der Waals surface area contributed by atoms with Crippen LogP contribution in [0, 0.1) is 0 Å².